The zero-order valence-electron chi connectivity index (χ0n) is 17.6. The van der Waals surface area contributed by atoms with Crippen molar-refractivity contribution in [1.29, 1.82) is 0 Å². The molecule has 0 N–H and O–H groups in total. The molecule has 33 heavy (non-hydrogen) atoms. The molecule has 0 aliphatic carbocycles. The van der Waals surface area contributed by atoms with Gasteiger partial charge in [-0.1, -0.05) is 66.7 Å². The Morgan fingerprint density at radius 3 is 2.03 bits per heavy atom. The van der Waals surface area contributed by atoms with Crippen LogP contribution in [0.25, 0.3) is 60.6 Å². The Morgan fingerprint density at radius 2 is 1.15 bits per heavy atom. The first kappa shape index (κ1) is 18.2. The fraction of sp³-hybridized carbons (Fsp3) is 0. The first-order valence-electron chi connectivity index (χ1n) is 11.0. The minimum Gasteiger partial charge on any atom is -0.456 e. The van der Waals surface area contributed by atoms with E-state index in [2.05, 4.69) is 48.5 Å². The van der Waals surface area contributed by atoms with E-state index in [1.807, 2.05) is 53.1 Å². The van der Waals surface area contributed by atoms with Gasteiger partial charge in [-0.15, -0.1) is 0 Å². The Hall–Kier alpha value is -4.37. The summed E-state index contributed by atoms with van der Waals surface area (Å²) in [6.45, 7) is 0. The normalized spacial score (nSPS) is 11.8. The van der Waals surface area contributed by atoms with Gasteiger partial charge in [0.25, 0.3) is 0 Å². The number of para-hydroxylation sites is 3. The van der Waals surface area contributed by atoms with E-state index in [1.54, 1.807) is 6.07 Å². The second kappa shape index (κ2) is 6.81. The molecule has 0 atom stereocenters. The van der Waals surface area contributed by atoms with Crippen LogP contribution < -0.4 is 0 Å². The Kier molecular flexibility index (Phi) is 3.76. The van der Waals surface area contributed by atoms with Crippen molar-refractivity contribution in [2.75, 3.05) is 0 Å². The summed E-state index contributed by atoms with van der Waals surface area (Å²) in [6.07, 6.45) is 0. The average Bonchev–Trinajstić information content (AvgIpc) is 3.39. The zero-order chi connectivity index (χ0) is 21.9. The molecule has 0 fully saturated rings. The molecule has 0 saturated heterocycles. The van der Waals surface area contributed by atoms with E-state index in [4.69, 9.17) is 4.42 Å². The fourth-order valence-corrected chi connectivity index (χ4v) is 4.95. The number of fused-ring (bicyclic) bond motifs is 6. The average molecular weight is 427 g/mol. The highest BCUT2D eigenvalue weighted by molar-refractivity contribution is 6.10. The van der Waals surface area contributed by atoms with Gasteiger partial charge in [0.15, 0.2) is 0 Å². The van der Waals surface area contributed by atoms with Gasteiger partial charge >= 0.3 is 0 Å². The van der Waals surface area contributed by atoms with E-state index in [0.29, 0.717) is 5.69 Å². The molecule has 0 aliphatic heterocycles. The summed E-state index contributed by atoms with van der Waals surface area (Å²) in [5.74, 6) is -0.241. The highest BCUT2D eigenvalue weighted by atomic mass is 19.1. The lowest BCUT2D eigenvalue weighted by Crippen LogP contribution is -1.97. The van der Waals surface area contributed by atoms with E-state index in [1.165, 1.54) is 6.07 Å². The van der Waals surface area contributed by atoms with Crippen LogP contribution in [0.1, 0.15) is 0 Å². The molecule has 0 spiro atoms. The first-order chi connectivity index (χ1) is 16.3. The molecule has 5 aromatic carbocycles. The maximum Gasteiger partial charge on any atom is 0.147 e. The molecule has 0 radical (unpaired) electrons. The van der Waals surface area contributed by atoms with Crippen molar-refractivity contribution in [1.82, 2.24) is 4.57 Å². The predicted molar refractivity (Wildman–Crippen MR) is 133 cm³/mol. The van der Waals surface area contributed by atoms with Gasteiger partial charge in [0, 0.05) is 21.5 Å². The third-order valence-electron chi connectivity index (χ3n) is 6.48. The van der Waals surface area contributed by atoms with Crippen molar-refractivity contribution in [3.8, 4) is 16.8 Å². The van der Waals surface area contributed by atoms with Crippen LogP contribution in [-0.2, 0) is 0 Å². The summed E-state index contributed by atoms with van der Waals surface area (Å²) in [4.78, 5) is 0. The van der Waals surface area contributed by atoms with E-state index in [9.17, 15) is 4.39 Å². The van der Waals surface area contributed by atoms with Gasteiger partial charge < -0.3 is 8.98 Å². The Balaban J connectivity index is 1.50. The van der Waals surface area contributed by atoms with Gasteiger partial charge in [0.2, 0.25) is 0 Å². The van der Waals surface area contributed by atoms with Crippen molar-refractivity contribution in [3.63, 3.8) is 0 Å². The van der Waals surface area contributed by atoms with E-state index >= 15 is 0 Å². The summed E-state index contributed by atoms with van der Waals surface area (Å²) in [5, 5.41) is 4.43. The second-order valence-electron chi connectivity index (χ2n) is 8.35. The molecule has 2 heterocycles. The largest absolute Gasteiger partial charge is 0.456 e. The molecule has 0 aliphatic rings. The summed E-state index contributed by atoms with van der Waals surface area (Å²) < 4.78 is 23.0. The fourth-order valence-electron chi connectivity index (χ4n) is 4.95. The van der Waals surface area contributed by atoms with Crippen LogP contribution in [-0.4, -0.2) is 4.57 Å². The number of hydrogen-bond acceptors (Lipinski definition) is 1. The van der Waals surface area contributed by atoms with Crippen LogP contribution in [0, 0.1) is 5.82 Å². The van der Waals surface area contributed by atoms with Crippen molar-refractivity contribution >= 4 is 43.7 Å². The molecule has 0 saturated carbocycles. The SMILES string of the molecule is Fc1ccccc1-n1c2ccccc2c2ccc(-c3ccc4c(c3)oc3ccccc34)cc21. The van der Waals surface area contributed by atoms with Crippen molar-refractivity contribution in [3.05, 3.63) is 115 Å². The van der Waals surface area contributed by atoms with Crippen LogP contribution in [0.5, 0.6) is 0 Å². The highest BCUT2D eigenvalue weighted by Gasteiger charge is 2.16. The summed E-state index contributed by atoms with van der Waals surface area (Å²) in [6, 6.07) is 35.9. The maximum atomic E-state index is 14.9. The molecule has 7 rings (SSSR count). The van der Waals surface area contributed by atoms with Crippen molar-refractivity contribution in [2.24, 2.45) is 0 Å². The molecule has 0 unspecified atom stereocenters. The molecule has 2 nitrogen and oxygen atoms in total. The quantitative estimate of drug-likeness (QED) is 0.270. The number of hydrogen-bond donors (Lipinski definition) is 0. The number of benzene rings is 5. The highest BCUT2D eigenvalue weighted by Crippen LogP contribution is 2.37. The summed E-state index contributed by atoms with van der Waals surface area (Å²) in [5.41, 5.74) is 6.39. The monoisotopic (exact) mass is 427 g/mol. The van der Waals surface area contributed by atoms with Gasteiger partial charge in [-0.2, -0.15) is 0 Å². The molecule has 156 valence electrons. The third-order valence-corrected chi connectivity index (χ3v) is 6.48. The van der Waals surface area contributed by atoms with E-state index in [0.717, 1.165) is 54.9 Å². The Morgan fingerprint density at radius 1 is 0.515 bits per heavy atom. The first-order valence-corrected chi connectivity index (χ1v) is 11.0. The molecule has 7 aromatic rings. The van der Waals surface area contributed by atoms with Gasteiger partial charge in [-0.05, 0) is 53.6 Å². The zero-order valence-corrected chi connectivity index (χ0v) is 17.6. The topological polar surface area (TPSA) is 18.1 Å². The van der Waals surface area contributed by atoms with Crippen LogP contribution in [0.4, 0.5) is 4.39 Å². The lowest BCUT2D eigenvalue weighted by atomic mass is 10.0. The predicted octanol–water partition coefficient (Wildman–Crippen LogP) is 8.49. The Bertz CT molecular complexity index is 1840. The summed E-state index contributed by atoms with van der Waals surface area (Å²) in [7, 11) is 0. The van der Waals surface area contributed by atoms with Crippen LogP contribution in [0.3, 0.4) is 0 Å². The minimum atomic E-state index is -0.241. The summed E-state index contributed by atoms with van der Waals surface area (Å²) >= 11 is 0. The molecular formula is C30H18FNO. The van der Waals surface area contributed by atoms with Gasteiger partial charge in [-0.25, -0.2) is 4.39 Å². The van der Waals surface area contributed by atoms with Gasteiger partial charge in [0.1, 0.15) is 17.0 Å². The number of rotatable bonds is 2. The molecule has 2 aromatic heterocycles. The smallest absolute Gasteiger partial charge is 0.147 e. The second-order valence-corrected chi connectivity index (χ2v) is 8.35. The number of aromatic nitrogens is 1. The molecule has 0 amide bonds. The van der Waals surface area contributed by atoms with Gasteiger partial charge in [0.05, 0.1) is 16.7 Å². The van der Waals surface area contributed by atoms with Crippen LogP contribution in [0.15, 0.2) is 114 Å². The lowest BCUT2D eigenvalue weighted by Gasteiger charge is -2.10. The van der Waals surface area contributed by atoms with Crippen molar-refractivity contribution < 1.29 is 8.81 Å². The van der Waals surface area contributed by atoms with Crippen LogP contribution >= 0.6 is 0 Å². The van der Waals surface area contributed by atoms with Crippen LogP contribution in [0.2, 0.25) is 0 Å². The molecule has 3 heteroatoms. The maximum absolute atomic E-state index is 14.9. The molecular weight excluding hydrogens is 409 g/mol. The third kappa shape index (κ3) is 2.66. The number of nitrogens with zero attached hydrogens (tertiary/aromatic N) is 1. The minimum absolute atomic E-state index is 0.241. The van der Waals surface area contributed by atoms with E-state index in [-0.39, 0.29) is 5.82 Å². The lowest BCUT2D eigenvalue weighted by molar-refractivity contribution is 0.621. The standard InChI is InChI=1S/C30H18FNO/c31-25-9-3-5-11-27(25)32-26-10-4-1-7-21(26)22-15-13-19(17-28(22)32)20-14-16-24-23-8-2-6-12-29(23)33-30(24)18-20/h1-18H. The molecule has 0 bridgehead atoms. The van der Waals surface area contributed by atoms with Crippen molar-refractivity contribution in [2.45, 2.75) is 0 Å². The Labute approximate surface area is 189 Å². The van der Waals surface area contributed by atoms with E-state index < -0.39 is 0 Å². The number of halogens is 1. The van der Waals surface area contributed by atoms with Gasteiger partial charge in [-0.3, -0.25) is 0 Å². The number of furan rings is 1.